The molecule has 0 atom stereocenters. The van der Waals surface area contributed by atoms with E-state index in [-0.39, 0.29) is 12.4 Å². The minimum Gasteiger partial charge on any atom is -0.487 e. The van der Waals surface area contributed by atoms with Crippen molar-refractivity contribution in [3.05, 3.63) is 62.8 Å². The van der Waals surface area contributed by atoms with E-state index in [9.17, 15) is 4.39 Å². The van der Waals surface area contributed by atoms with E-state index in [1.165, 1.54) is 6.07 Å². The number of rotatable bonds is 5. The summed E-state index contributed by atoms with van der Waals surface area (Å²) in [6, 6.07) is 10.3. The number of para-hydroxylation sites is 1. The average Bonchev–Trinajstić information content (AvgIpc) is 2.40. The van der Waals surface area contributed by atoms with Gasteiger partial charge in [0.05, 0.1) is 4.47 Å². The van der Waals surface area contributed by atoms with E-state index >= 15 is 0 Å². The number of halogens is 3. The molecular weight excluding hydrogens is 345 g/mol. The first-order valence-corrected chi connectivity index (χ1v) is 7.33. The van der Waals surface area contributed by atoms with Crippen molar-refractivity contribution in [3.8, 4) is 5.75 Å². The van der Waals surface area contributed by atoms with Crippen molar-refractivity contribution < 1.29 is 9.13 Å². The van der Waals surface area contributed by atoms with E-state index in [1.807, 2.05) is 18.2 Å². The number of hydrogen-bond donors (Lipinski definition) is 1. The summed E-state index contributed by atoms with van der Waals surface area (Å²) in [5.74, 6) is 0.331. The Kier molecular flexibility index (Phi) is 5.40. The van der Waals surface area contributed by atoms with Gasteiger partial charge in [-0.15, -0.1) is 0 Å². The van der Waals surface area contributed by atoms with Gasteiger partial charge < -0.3 is 10.5 Å². The fraction of sp³-hybridized carbons (Fsp3) is 0.200. The van der Waals surface area contributed by atoms with E-state index in [0.717, 1.165) is 10.0 Å². The van der Waals surface area contributed by atoms with Crippen molar-refractivity contribution in [1.82, 2.24) is 0 Å². The highest BCUT2D eigenvalue weighted by molar-refractivity contribution is 9.10. The zero-order valence-corrected chi connectivity index (χ0v) is 13.0. The van der Waals surface area contributed by atoms with Crippen LogP contribution in [0.3, 0.4) is 0 Å². The molecule has 0 aliphatic heterocycles. The first-order chi connectivity index (χ1) is 9.61. The molecule has 2 aromatic carbocycles. The quantitative estimate of drug-likeness (QED) is 0.864. The number of hydrogen-bond acceptors (Lipinski definition) is 2. The highest BCUT2D eigenvalue weighted by Gasteiger charge is 2.10. The van der Waals surface area contributed by atoms with Gasteiger partial charge in [0.25, 0.3) is 0 Å². The molecule has 0 spiro atoms. The van der Waals surface area contributed by atoms with Gasteiger partial charge in [-0.3, -0.25) is 0 Å². The van der Waals surface area contributed by atoms with Crippen molar-refractivity contribution in [2.24, 2.45) is 5.73 Å². The average molecular weight is 359 g/mol. The van der Waals surface area contributed by atoms with Crippen LogP contribution in [0.5, 0.6) is 5.75 Å². The minimum absolute atomic E-state index is 0.142. The lowest BCUT2D eigenvalue weighted by Gasteiger charge is -2.13. The zero-order valence-electron chi connectivity index (χ0n) is 10.7. The molecular formula is C15H14BrClFNO. The van der Waals surface area contributed by atoms with Crippen LogP contribution in [0, 0.1) is 5.82 Å². The zero-order chi connectivity index (χ0) is 14.5. The molecule has 5 heteroatoms. The van der Waals surface area contributed by atoms with Crippen LogP contribution in [-0.4, -0.2) is 6.54 Å². The predicted molar refractivity (Wildman–Crippen MR) is 82.6 cm³/mol. The SMILES string of the molecule is NCCc1cccc(Br)c1OCc1ccc(Cl)cc1F. The van der Waals surface area contributed by atoms with Crippen molar-refractivity contribution in [2.45, 2.75) is 13.0 Å². The lowest BCUT2D eigenvalue weighted by molar-refractivity contribution is 0.295. The highest BCUT2D eigenvalue weighted by atomic mass is 79.9. The van der Waals surface area contributed by atoms with Gasteiger partial charge in [-0.1, -0.05) is 29.8 Å². The lowest BCUT2D eigenvalue weighted by atomic mass is 10.1. The van der Waals surface area contributed by atoms with Crippen molar-refractivity contribution >= 4 is 27.5 Å². The summed E-state index contributed by atoms with van der Waals surface area (Å²) in [4.78, 5) is 0. The molecule has 0 aromatic heterocycles. The Hall–Kier alpha value is -1.10. The van der Waals surface area contributed by atoms with Gasteiger partial charge in [-0.05, 0) is 52.7 Å². The van der Waals surface area contributed by atoms with Gasteiger partial charge in [-0.25, -0.2) is 4.39 Å². The summed E-state index contributed by atoms with van der Waals surface area (Å²) >= 11 is 9.16. The third-order valence-corrected chi connectivity index (χ3v) is 3.71. The smallest absolute Gasteiger partial charge is 0.137 e. The first kappa shape index (κ1) is 15.3. The molecule has 0 aliphatic rings. The number of benzene rings is 2. The van der Waals surface area contributed by atoms with Crippen LogP contribution in [0.15, 0.2) is 40.9 Å². The van der Waals surface area contributed by atoms with Crippen molar-refractivity contribution in [3.63, 3.8) is 0 Å². The molecule has 2 N–H and O–H groups in total. The van der Waals surface area contributed by atoms with Gasteiger partial charge in [0.1, 0.15) is 18.2 Å². The molecule has 106 valence electrons. The summed E-state index contributed by atoms with van der Waals surface area (Å²) in [6.45, 7) is 0.672. The Morgan fingerprint density at radius 1 is 1.20 bits per heavy atom. The molecule has 0 saturated carbocycles. The Balaban J connectivity index is 2.18. The topological polar surface area (TPSA) is 35.2 Å². The molecule has 20 heavy (non-hydrogen) atoms. The molecule has 0 radical (unpaired) electrons. The van der Waals surface area contributed by atoms with E-state index in [1.54, 1.807) is 12.1 Å². The van der Waals surface area contributed by atoms with Gasteiger partial charge in [0.2, 0.25) is 0 Å². The molecule has 0 heterocycles. The Labute approximate surface area is 130 Å². The molecule has 0 saturated heterocycles. The Morgan fingerprint density at radius 3 is 2.70 bits per heavy atom. The molecule has 2 nitrogen and oxygen atoms in total. The molecule has 2 rings (SSSR count). The monoisotopic (exact) mass is 357 g/mol. The fourth-order valence-electron chi connectivity index (χ4n) is 1.86. The normalized spacial score (nSPS) is 10.6. The minimum atomic E-state index is -0.370. The summed E-state index contributed by atoms with van der Waals surface area (Å²) in [7, 11) is 0. The summed E-state index contributed by atoms with van der Waals surface area (Å²) in [6.07, 6.45) is 0.706. The number of ether oxygens (including phenoxy) is 1. The largest absolute Gasteiger partial charge is 0.487 e. The fourth-order valence-corrected chi connectivity index (χ4v) is 2.54. The molecule has 0 unspecified atom stereocenters. The van der Waals surface area contributed by atoms with E-state index in [0.29, 0.717) is 29.3 Å². The van der Waals surface area contributed by atoms with Crippen LogP contribution in [0.4, 0.5) is 4.39 Å². The summed E-state index contributed by atoms with van der Waals surface area (Å²) < 4.78 is 20.3. The highest BCUT2D eigenvalue weighted by Crippen LogP contribution is 2.30. The molecule has 0 amide bonds. The molecule has 2 aromatic rings. The van der Waals surface area contributed by atoms with Crippen LogP contribution in [0.2, 0.25) is 5.02 Å². The van der Waals surface area contributed by atoms with Gasteiger partial charge >= 0.3 is 0 Å². The van der Waals surface area contributed by atoms with Gasteiger partial charge in [-0.2, -0.15) is 0 Å². The van der Waals surface area contributed by atoms with E-state index in [2.05, 4.69) is 15.9 Å². The van der Waals surface area contributed by atoms with Crippen LogP contribution in [0.1, 0.15) is 11.1 Å². The van der Waals surface area contributed by atoms with Crippen LogP contribution >= 0.6 is 27.5 Å². The van der Waals surface area contributed by atoms with E-state index in [4.69, 9.17) is 22.1 Å². The maximum atomic E-state index is 13.7. The molecule has 0 fully saturated rings. The predicted octanol–water partition coefficient (Wildman–Crippen LogP) is 4.32. The third-order valence-electron chi connectivity index (χ3n) is 2.85. The van der Waals surface area contributed by atoms with Gasteiger partial charge in [0, 0.05) is 10.6 Å². The second-order valence-electron chi connectivity index (χ2n) is 4.29. The number of nitrogens with two attached hydrogens (primary N) is 1. The molecule has 0 aliphatic carbocycles. The van der Waals surface area contributed by atoms with Crippen LogP contribution < -0.4 is 10.5 Å². The van der Waals surface area contributed by atoms with E-state index < -0.39 is 0 Å². The van der Waals surface area contributed by atoms with Gasteiger partial charge in [0.15, 0.2) is 0 Å². The Morgan fingerprint density at radius 2 is 2.00 bits per heavy atom. The summed E-state index contributed by atoms with van der Waals surface area (Å²) in [5, 5.41) is 0.371. The van der Waals surface area contributed by atoms with Crippen molar-refractivity contribution in [2.75, 3.05) is 6.54 Å². The van der Waals surface area contributed by atoms with Crippen LogP contribution in [-0.2, 0) is 13.0 Å². The standard InChI is InChI=1S/C15H14BrClFNO/c16-13-3-1-2-10(6-7-19)15(13)20-9-11-4-5-12(17)8-14(11)18/h1-5,8H,6-7,9,19H2. The maximum absolute atomic E-state index is 13.7. The van der Waals surface area contributed by atoms with Crippen LogP contribution in [0.25, 0.3) is 0 Å². The summed E-state index contributed by atoms with van der Waals surface area (Å²) in [5.41, 5.74) is 7.04. The van der Waals surface area contributed by atoms with Crippen molar-refractivity contribution in [1.29, 1.82) is 0 Å². The Bertz CT molecular complexity index is 606. The lowest BCUT2D eigenvalue weighted by Crippen LogP contribution is -2.06. The second-order valence-corrected chi connectivity index (χ2v) is 5.58. The first-order valence-electron chi connectivity index (χ1n) is 6.16. The third kappa shape index (κ3) is 3.72. The second kappa shape index (κ2) is 7.07. The maximum Gasteiger partial charge on any atom is 0.137 e. The molecule has 0 bridgehead atoms.